The molecule has 0 bridgehead atoms. The Hall–Kier alpha value is -1.66. The molecule has 114 valence electrons. The molecule has 21 heavy (non-hydrogen) atoms. The van der Waals surface area contributed by atoms with Crippen LogP contribution in [0.3, 0.4) is 0 Å². The SMILES string of the molecule is Cc1ccc(N2CCN(C/C=C/C(=O)N(C)C)CC2=O)s1. The fraction of sp³-hybridized carbons (Fsp3) is 0.467. The van der Waals surface area contributed by atoms with Crippen molar-refractivity contribution in [2.75, 3.05) is 45.2 Å². The molecule has 6 heteroatoms. The first kappa shape index (κ1) is 15.7. The lowest BCUT2D eigenvalue weighted by Crippen LogP contribution is -2.50. The number of piperazine rings is 1. The smallest absolute Gasteiger partial charge is 0.245 e. The first-order chi connectivity index (χ1) is 9.97. The molecule has 2 amide bonds. The van der Waals surface area contributed by atoms with Crippen LogP contribution in [-0.2, 0) is 9.59 Å². The number of anilines is 1. The first-order valence-electron chi connectivity index (χ1n) is 6.94. The highest BCUT2D eigenvalue weighted by atomic mass is 32.1. The summed E-state index contributed by atoms with van der Waals surface area (Å²) in [5, 5.41) is 1.02. The highest BCUT2D eigenvalue weighted by Crippen LogP contribution is 2.26. The number of nitrogens with zero attached hydrogens (tertiary/aromatic N) is 3. The quantitative estimate of drug-likeness (QED) is 0.789. The van der Waals surface area contributed by atoms with E-state index in [2.05, 4.69) is 4.90 Å². The van der Waals surface area contributed by atoms with E-state index in [1.165, 1.54) is 9.78 Å². The van der Waals surface area contributed by atoms with Gasteiger partial charge >= 0.3 is 0 Å². The van der Waals surface area contributed by atoms with E-state index in [0.717, 1.165) is 11.5 Å². The van der Waals surface area contributed by atoms with Gasteiger partial charge in [0.05, 0.1) is 11.5 Å². The van der Waals surface area contributed by atoms with Crippen molar-refractivity contribution in [3.63, 3.8) is 0 Å². The molecule has 0 N–H and O–H groups in total. The van der Waals surface area contributed by atoms with Crippen LogP contribution in [0.5, 0.6) is 0 Å². The van der Waals surface area contributed by atoms with Gasteiger partial charge in [0.2, 0.25) is 11.8 Å². The van der Waals surface area contributed by atoms with Crippen molar-refractivity contribution in [2.24, 2.45) is 0 Å². The monoisotopic (exact) mass is 307 g/mol. The summed E-state index contributed by atoms with van der Waals surface area (Å²) >= 11 is 1.65. The number of rotatable bonds is 4. The summed E-state index contributed by atoms with van der Waals surface area (Å²) < 4.78 is 0. The Morgan fingerprint density at radius 3 is 2.71 bits per heavy atom. The van der Waals surface area contributed by atoms with Crippen molar-refractivity contribution >= 4 is 28.2 Å². The summed E-state index contributed by atoms with van der Waals surface area (Å²) in [5.41, 5.74) is 0. The molecule has 1 aromatic heterocycles. The lowest BCUT2D eigenvalue weighted by atomic mass is 10.3. The molecule has 0 radical (unpaired) electrons. The second kappa shape index (κ2) is 6.87. The van der Waals surface area contributed by atoms with Crippen LogP contribution in [0, 0.1) is 6.92 Å². The van der Waals surface area contributed by atoms with Crippen molar-refractivity contribution < 1.29 is 9.59 Å². The Labute approximate surface area is 129 Å². The Balaban J connectivity index is 1.86. The number of likely N-dealkylation sites (N-methyl/N-ethyl adjacent to an activating group) is 1. The van der Waals surface area contributed by atoms with Crippen LogP contribution in [0.1, 0.15) is 4.88 Å². The van der Waals surface area contributed by atoms with Crippen molar-refractivity contribution in [1.29, 1.82) is 0 Å². The Morgan fingerprint density at radius 1 is 1.38 bits per heavy atom. The van der Waals surface area contributed by atoms with E-state index in [-0.39, 0.29) is 11.8 Å². The summed E-state index contributed by atoms with van der Waals surface area (Å²) in [6.45, 7) is 4.60. The van der Waals surface area contributed by atoms with Crippen LogP contribution in [0.15, 0.2) is 24.3 Å². The second-order valence-corrected chi connectivity index (χ2v) is 6.57. The van der Waals surface area contributed by atoms with Gasteiger partial charge in [0.15, 0.2) is 0 Å². The molecule has 0 atom stereocenters. The predicted molar refractivity (Wildman–Crippen MR) is 85.7 cm³/mol. The average Bonchev–Trinajstić information content (AvgIpc) is 2.85. The summed E-state index contributed by atoms with van der Waals surface area (Å²) in [6.07, 6.45) is 3.38. The van der Waals surface area contributed by atoms with Crippen molar-refractivity contribution in [2.45, 2.75) is 6.92 Å². The third kappa shape index (κ3) is 4.15. The van der Waals surface area contributed by atoms with Gasteiger partial charge in [-0.25, -0.2) is 0 Å². The molecule has 0 aromatic carbocycles. The van der Waals surface area contributed by atoms with E-state index in [0.29, 0.717) is 19.6 Å². The van der Waals surface area contributed by atoms with Crippen LogP contribution in [0.25, 0.3) is 0 Å². The zero-order chi connectivity index (χ0) is 15.4. The molecule has 1 aromatic rings. The predicted octanol–water partition coefficient (Wildman–Crippen LogP) is 1.35. The minimum absolute atomic E-state index is 0.0333. The number of hydrogen-bond donors (Lipinski definition) is 0. The van der Waals surface area contributed by atoms with Crippen molar-refractivity contribution in [3.8, 4) is 0 Å². The van der Waals surface area contributed by atoms with Gasteiger partial charge in [-0.3, -0.25) is 14.5 Å². The Kier molecular flexibility index (Phi) is 5.14. The van der Waals surface area contributed by atoms with Gasteiger partial charge in [-0.1, -0.05) is 6.08 Å². The minimum atomic E-state index is -0.0333. The van der Waals surface area contributed by atoms with Gasteiger partial charge < -0.3 is 9.80 Å². The second-order valence-electron chi connectivity index (χ2n) is 5.30. The molecule has 0 unspecified atom stereocenters. The highest BCUT2D eigenvalue weighted by Gasteiger charge is 2.25. The van der Waals surface area contributed by atoms with Crippen LogP contribution in [0.2, 0.25) is 0 Å². The maximum absolute atomic E-state index is 12.2. The van der Waals surface area contributed by atoms with Gasteiger partial charge in [-0.15, -0.1) is 11.3 Å². The van der Waals surface area contributed by atoms with E-state index >= 15 is 0 Å². The topological polar surface area (TPSA) is 43.9 Å². The van der Waals surface area contributed by atoms with Crippen LogP contribution in [0.4, 0.5) is 5.00 Å². The third-order valence-electron chi connectivity index (χ3n) is 3.36. The minimum Gasteiger partial charge on any atom is -0.345 e. The summed E-state index contributed by atoms with van der Waals surface area (Å²) in [7, 11) is 3.44. The molecule has 0 aliphatic carbocycles. The summed E-state index contributed by atoms with van der Waals surface area (Å²) in [5.74, 6) is 0.0875. The molecule has 5 nitrogen and oxygen atoms in total. The normalized spacial score (nSPS) is 16.7. The van der Waals surface area contributed by atoms with Crippen molar-refractivity contribution in [3.05, 3.63) is 29.2 Å². The van der Waals surface area contributed by atoms with Gasteiger partial charge in [-0.05, 0) is 19.1 Å². The fourth-order valence-electron chi connectivity index (χ4n) is 2.13. The molecular formula is C15H21N3O2S. The standard InChI is InChI=1S/C15H21N3O2S/c1-12-6-7-15(21-12)18-10-9-17(11-14(18)20)8-4-5-13(19)16(2)3/h4-7H,8-11H2,1-3H3/b5-4+. The number of carbonyl (C=O) groups is 2. The van der Waals surface area contributed by atoms with E-state index in [1.54, 1.807) is 31.5 Å². The summed E-state index contributed by atoms with van der Waals surface area (Å²) in [6, 6.07) is 4.04. The summed E-state index contributed by atoms with van der Waals surface area (Å²) in [4.78, 5) is 30.3. The lowest BCUT2D eigenvalue weighted by Gasteiger charge is -2.32. The molecule has 1 saturated heterocycles. The maximum atomic E-state index is 12.2. The van der Waals surface area contributed by atoms with E-state index in [9.17, 15) is 9.59 Å². The van der Waals surface area contributed by atoms with E-state index in [1.807, 2.05) is 30.0 Å². The first-order valence-corrected chi connectivity index (χ1v) is 7.76. The molecule has 1 aliphatic rings. The number of aryl methyl sites for hydroxylation is 1. The fourth-order valence-corrected chi connectivity index (χ4v) is 3.03. The molecular weight excluding hydrogens is 286 g/mol. The molecule has 2 heterocycles. The molecule has 1 fully saturated rings. The third-order valence-corrected chi connectivity index (χ3v) is 4.38. The Morgan fingerprint density at radius 2 is 2.14 bits per heavy atom. The number of thiophene rings is 1. The zero-order valence-corrected chi connectivity index (χ0v) is 13.5. The lowest BCUT2D eigenvalue weighted by molar-refractivity contribution is -0.123. The van der Waals surface area contributed by atoms with Crippen LogP contribution in [-0.4, -0.2) is 61.9 Å². The molecule has 2 rings (SSSR count). The average molecular weight is 307 g/mol. The molecule has 0 saturated carbocycles. The van der Waals surface area contributed by atoms with Gasteiger partial charge in [0, 0.05) is 44.7 Å². The Bertz CT molecular complexity index is 551. The van der Waals surface area contributed by atoms with Crippen LogP contribution < -0.4 is 4.90 Å². The molecule has 1 aliphatic heterocycles. The van der Waals surface area contributed by atoms with Gasteiger partial charge in [-0.2, -0.15) is 0 Å². The van der Waals surface area contributed by atoms with E-state index in [4.69, 9.17) is 0 Å². The maximum Gasteiger partial charge on any atom is 0.245 e. The van der Waals surface area contributed by atoms with Gasteiger partial charge in [0.1, 0.15) is 0 Å². The van der Waals surface area contributed by atoms with Crippen molar-refractivity contribution in [1.82, 2.24) is 9.80 Å². The van der Waals surface area contributed by atoms with E-state index < -0.39 is 0 Å². The van der Waals surface area contributed by atoms with Gasteiger partial charge in [0.25, 0.3) is 0 Å². The van der Waals surface area contributed by atoms with Crippen LogP contribution >= 0.6 is 11.3 Å². The number of carbonyl (C=O) groups excluding carboxylic acids is 2. The molecule has 0 spiro atoms. The number of amides is 2. The number of hydrogen-bond acceptors (Lipinski definition) is 4. The largest absolute Gasteiger partial charge is 0.345 e. The zero-order valence-electron chi connectivity index (χ0n) is 12.7. The highest BCUT2D eigenvalue weighted by molar-refractivity contribution is 7.16.